The number of carboxylic acids is 1. The van der Waals surface area contributed by atoms with E-state index in [0.717, 1.165) is 0 Å². The monoisotopic (exact) mass is 185 g/mol. The average molecular weight is 185 g/mol. The van der Waals surface area contributed by atoms with Gasteiger partial charge in [0.2, 0.25) is 0 Å². The zero-order valence-electron chi connectivity index (χ0n) is 8.87. The second-order valence-electron chi connectivity index (χ2n) is 4.17. The summed E-state index contributed by atoms with van der Waals surface area (Å²) in [7, 11) is 0. The van der Waals surface area contributed by atoms with Gasteiger partial charge in [0.25, 0.3) is 0 Å². The second kappa shape index (κ2) is 4.42. The van der Waals surface area contributed by atoms with Crippen molar-refractivity contribution in [3.8, 4) is 0 Å². The van der Waals surface area contributed by atoms with Gasteiger partial charge in [-0.15, -0.1) is 6.58 Å². The van der Waals surface area contributed by atoms with E-state index in [1.54, 1.807) is 6.08 Å². The SMILES string of the molecule is C=CC(C)N(CC(=O)O)C(C)(C)C. The van der Waals surface area contributed by atoms with E-state index in [4.69, 9.17) is 5.11 Å². The Kier molecular flexibility index (Phi) is 4.14. The molecule has 0 saturated carbocycles. The van der Waals surface area contributed by atoms with Crippen molar-refractivity contribution in [2.45, 2.75) is 39.3 Å². The van der Waals surface area contributed by atoms with Gasteiger partial charge in [0, 0.05) is 11.6 Å². The summed E-state index contributed by atoms with van der Waals surface area (Å²) in [5.41, 5.74) is -0.147. The van der Waals surface area contributed by atoms with Crippen LogP contribution in [0.2, 0.25) is 0 Å². The highest BCUT2D eigenvalue weighted by Crippen LogP contribution is 2.16. The van der Waals surface area contributed by atoms with Gasteiger partial charge in [0.15, 0.2) is 0 Å². The fourth-order valence-electron chi connectivity index (χ4n) is 1.27. The maximum atomic E-state index is 10.6. The lowest BCUT2D eigenvalue weighted by atomic mass is 10.0. The number of carboxylic acid groups (broad SMARTS) is 1. The van der Waals surface area contributed by atoms with Crippen LogP contribution < -0.4 is 0 Å². The Labute approximate surface area is 80.0 Å². The van der Waals surface area contributed by atoms with E-state index in [2.05, 4.69) is 6.58 Å². The Morgan fingerprint density at radius 3 is 2.31 bits per heavy atom. The molecule has 1 N–H and O–H groups in total. The number of hydrogen-bond donors (Lipinski definition) is 1. The van der Waals surface area contributed by atoms with Crippen LogP contribution in [0.3, 0.4) is 0 Å². The minimum Gasteiger partial charge on any atom is -0.480 e. The van der Waals surface area contributed by atoms with Gasteiger partial charge in [-0.1, -0.05) is 6.08 Å². The van der Waals surface area contributed by atoms with Gasteiger partial charge in [-0.2, -0.15) is 0 Å². The van der Waals surface area contributed by atoms with E-state index in [1.165, 1.54) is 0 Å². The molecule has 0 rings (SSSR count). The lowest BCUT2D eigenvalue weighted by molar-refractivity contribution is -0.140. The van der Waals surface area contributed by atoms with E-state index in [0.29, 0.717) is 0 Å². The molecule has 0 aromatic rings. The quantitative estimate of drug-likeness (QED) is 0.678. The van der Waals surface area contributed by atoms with Crippen molar-refractivity contribution in [2.75, 3.05) is 6.54 Å². The summed E-state index contributed by atoms with van der Waals surface area (Å²) in [6, 6.07) is 0.0797. The largest absolute Gasteiger partial charge is 0.480 e. The molecule has 0 aliphatic carbocycles. The molecule has 0 aliphatic rings. The van der Waals surface area contributed by atoms with Crippen LogP contribution in [0.15, 0.2) is 12.7 Å². The third kappa shape index (κ3) is 4.08. The molecule has 3 nitrogen and oxygen atoms in total. The Balaban J connectivity index is 4.55. The van der Waals surface area contributed by atoms with Crippen LogP contribution in [0.25, 0.3) is 0 Å². The fourth-order valence-corrected chi connectivity index (χ4v) is 1.27. The predicted molar refractivity (Wildman–Crippen MR) is 53.8 cm³/mol. The normalized spacial score (nSPS) is 14.2. The van der Waals surface area contributed by atoms with Crippen molar-refractivity contribution in [1.82, 2.24) is 4.90 Å². The minimum atomic E-state index is -0.802. The molecule has 13 heavy (non-hydrogen) atoms. The molecule has 76 valence electrons. The first-order valence-corrected chi connectivity index (χ1v) is 4.40. The number of nitrogens with zero attached hydrogens (tertiary/aromatic N) is 1. The number of aliphatic carboxylic acids is 1. The molecule has 0 aromatic carbocycles. The molecule has 0 fully saturated rings. The Morgan fingerprint density at radius 2 is 2.08 bits per heavy atom. The number of hydrogen-bond acceptors (Lipinski definition) is 2. The third-order valence-electron chi connectivity index (χ3n) is 2.00. The molecule has 0 saturated heterocycles. The minimum absolute atomic E-state index is 0.0523. The summed E-state index contributed by atoms with van der Waals surface area (Å²) < 4.78 is 0. The summed E-state index contributed by atoms with van der Waals surface area (Å²) in [5, 5.41) is 8.72. The summed E-state index contributed by atoms with van der Waals surface area (Å²) in [6.07, 6.45) is 1.76. The van der Waals surface area contributed by atoms with Crippen molar-refractivity contribution in [3.05, 3.63) is 12.7 Å². The first-order valence-electron chi connectivity index (χ1n) is 4.40. The standard InChI is InChI=1S/C10H19NO2/c1-6-8(2)11(7-9(12)13)10(3,4)5/h6,8H,1,7H2,2-5H3,(H,12,13). The van der Waals surface area contributed by atoms with Crippen LogP contribution in [0, 0.1) is 0 Å². The lowest BCUT2D eigenvalue weighted by Crippen LogP contribution is -2.48. The van der Waals surface area contributed by atoms with E-state index >= 15 is 0 Å². The van der Waals surface area contributed by atoms with Gasteiger partial charge in [0.05, 0.1) is 6.54 Å². The van der Waals surface area contributed by atoms with Gasteiger partial charge in [-0.3, -0.25) is 9.69 Å². The summed E-state index contributed by atoms with van der Waals surface area (Å²) in [6.45, 7) is 11.7. The molecule has 0 aromatic heterocycles. The third-order valence-corrected chi connectivity index (χ3v) is 2.00. The van der Waals surface area contributed by atoms with Gasteiger partial charge in [-0.05, 0) is 27.7 Å². The van der Waals surface area contributed by atoms with Crippen molar-refractivity contribution >= 4 is 5.97 Å². The molecule has 1 unspecified atom stereocenters. The Bertz CT molecular complexity index is 194. The van der Waals surface area contributed by atoms with Gasteiger partial charge < -0.3 is 5.11 Å². The van der Waals surface area contributed by atoms with Crippen molar-refractivity contribution in [3.63, 3.8) is 0 Å². The summed E-state index contributed by atoms with van der Waals surface area (Å²) >= 11 is 0. The predicted octanol–water partition coefficient (Wildman–Crippen LogP) is 1.75. The topological polar surface area (TPSA) is 40.5 Å². The van der Waals surface area contributed by atoms with Gasteiger partial charge in [-0.25, -0.2) is 0 Å². The average Bonchev–Trinajstić information content (AvgIpc) is 1.96. The lowest BCUT2D eigenvalue weighted by Gasteiger charge is -2.37. The van der Waals surface area contributed by atoms with E-state index in [-0.39, 0.29) is 18.1 Å². The van der Waals surface area contributed by atoms with Gasteiger partial charge in [0.1, 0.15) is 0 Å². The maximum absolute atomic E-state index is 10.6. The van der Waals surface area contributed by atoms with Crippen LogP contribution in [-0.2, 0) is 4.79 Å². The molecule has 0 heterocycles. The summed E-state index contributed by atoms with van der Waals surface area (Å²) in [4.78, 5) is 12.5. The molecular weight excluding hydrogens is 166 g/mol. The zero-order chi connectivity index (χ0) is 10.6. The Morgan fingerprint density at radius 1 is 1.62 bits per heavy atom. The zero-order valence-corrected chi connectivity index (χ0v) is 8.87. The fraction of sp³-hybridized carbons (Fsp3) is 0.700. The molecule has 0 aliphatic heterocycles. The van der Waals surface area contributed by atoms with Crippen LogP contribution >= 0.6 is 0 Å². The van der Waals surface area contributed by atoms with E-state index in [1.807, 2.05) is 32.6 Å². The van der Waals surface area contributed by atoms with Crippen LogP contribution in [-0.4, -0.2) is 34.1 Å². The highest BCUT2D eigenvalue weighted by atomic mass is 16.4. The van der Waals surface area contributed by atoms with E-state index in [9.17, 15) is 4.79 Å². The molecular formula is C10H19NO2. The van der Waals surface area contributed by atoms with Crippen molar-refractivity contribution < 1.29 is 9.90 Å². The highest BCUT2D eigenvalue weighted by Gasteiger charge is 2.26. The van der Waals surface area contributed by atoms with Crippen molar-refractivity contribution in [1.29, 1.82) is 0 Å². The maximum Gasteiger partial charge on any atom is 0.317 e. The smallest absolute Gasteiger partial charge is 0.317 e. The molecule has 3 heteroatoms. The molecule has 0 bridgehead atoms. The molecule has 1 atom stereocenters. The number of carbonyl (C=O) groups is 1. The van der Waals surface area contributed by atoms with Crippen LogP contribution in [0.4, 0.5) is 0 Å². The van der Waals surface area contributed by atoms with Gasteiger partial charge >= 0.3 is 5.97 Å². The Hall–Kier alpha value is -0.830. The first-order chi connectivity index (χ1) is 5.79. The number of rotatable bonds is 4. The summed E-state index contributed by atoms with van der Waals surface area (Å²) in [5.74, 6) is -0.802. The second-order valence-corrected chi connectivity index (χ2v) is 4.17. The first kappa shape index (κ1) is 12.2. The highest BCUT2D eigenvalue weighted by molar-refractivity contribution is 5.69. The van der Waals surface area contributed by atoms with E-state index < -0.39 is 5.97 Å². The molecule has 0 amide bonds. The van der Waals surface area contributed by atoms with Crippen LogP contribution in [0.5, 0.6) is 0 Å². The molecule has 0 radical (unpaired) electrons. The molecule has 0 spiro atoms. The van der Waals surface area contributed by atoms with Crippen LogP contribution in [0.1, 0.15) is 27.7 Å². The van der Waals surface area contributed by atoms with Crippen molar-refractivity contribution in [2.24, 2.45) is 0 Å².